The number of aliphatic hydroxyl groups excluding tert-OH is 1. The van der Waals surface area contributed by atoms with Gasteiger partial charge in [0.05, 0.1) is 6.61 Å². The van der Waals surface area contributed by atoms with Crippen molar-refractivity contribution in [2.75, 3.05) is 44.5 Å². The Morgan fingerprint density at radius 2 is 1.83 bits per heavy atom. The number of aromatic nitrogens is 2. The lowest BCUT2D eigenvalue weighted by atomic mass is 10.1. The molecule has 1 aromatic carbocycles. The number of anilines is 1. The number of nitrogens with zero attached hydrogens (tertiary/aromatic N) is 4. The van der Waals surface area contributed by atoms with Gasteiger partial charge in [0.2, 0.25) is 18.6 Å². The fourth-order valence-electron chi connectivity index (χ4n) is 3.27. The van der Waals surface area contributed by atoms with Gasteiger partial charge < -0.3 is 29.7 Å². The zero-order valence-corrected chi connectivity index (χ0v) is 15.7. The van der Waals surface area contributed by atoms with Crippen molar-refractivity contribution in [3.8, 4) is 11.5 Å². The summed E-state index contributed by atoms with van der Waals surface area (Å²) in [7, 11) is 0. The summed E-state index contributed by atoms with van der Waals surface area (Å²) in [5.74, 6) is 0.872. The van der Waals surface area contributed by atoms with Crippen LogP contribution in [-0.2, 0) is 4.79 Å². The number of carbonyl (C=O) groups is 2. The third-order valence-electron chi connectivity index (χ3n) is 4.85. The molecule has 152 valence electrons. The molecule has 2 N–H and O–H groups in total. The highest BCUT2D eigenvalue weighted by molar-refractivity contribution is 5.98. The minimum absolute atomic E-state index is 0.109. The molecule has 0 aliphatic carbocycles. The predicted molar refractivity (Wildman–Crippen MR) is 102 cm³/mol. The maximum absolute atomic E-state index is 12.8. The molecule has 3 heterocycles. The number of ether oxygens (including phenoxy) is 2. The van der Waals surface area contributed by atoms with Crippen LogP contribution in [-0.4, -0.2) is 77.4 Å². The first-order valence-electron chi connectivity index (χ1n) is 9.28. The molecule has 10 heteroatoms. The van der Waals surface area contributed by atoms with Crippen LogP contribution in [0.2, 0.25) is 0 Å². The van der Waals surface area contributed by atoms with Crippen LogP contribution in [0.25, 0.3) is 0 Å². The number of hydrogen-bond donors (Lipinski definition) is 2. The van der Waals surface area contributed by atoms with Crippen LogP contribution in [0.5, 0.6) is 11.5 Å². The van der Waals surface area contributed by atoms with E-state index in [-0.39, 0.29) is 12.7 Å². The highest BCUT2D eigenvalue weighted by Crippen LogP contribution is 2.32. The van der Waals surface area contributed by atoms with Gasteiger partial charge in [-0.15, -0.1) is 0 Å². The molecule has 10 nitrogen and oxygen atoms in total. The molecular weight excluding hydrogens is 378 g/mol. The van der Waals surface area contributed by atoms with E-state index in [4.69, 9.17) is 9.47 Å². The molecule has 0 spiro atoms. The topological polar surface area (TPSA) is 117 Å². The number of rotatable bonds is 5. The summed E-state index contributed by atoms with van der Waals surface area (Å²) in [4.78, 5) is 37.4. The van der Waals surface area contributed by atoms with Crippen LogP contribution >= 0.6 is 0 Å². The van der Waals surface area contributed by atoms with E-state index in [1.54, 1.807) is 41.6 Å². The lowest BCUT2D eigenvalue weighted by Crippen LogP contribution is -2.56. The van der Waals surface area contributed by atoms with Gasteiger partial charge in [0.1, 0.15) is 6.04 Å². The molecule has 1 aromatic heterocycles. The van der Waals surface area contributed by atoms with Crippen LogP contribution in [0.15, 0.2) is 36.7 Å². The Morgan fingerprint density at radius 3 is 2.55 bits per heavy atom. The molecule has 0 radical (unpaired) electrons. The first-order chi connectivity index (χ1) is 14.2. The molecule has 1 atom stereocenters. The van der Waals surface area contributed by atoms with Gasteiger partial charge in [0.25, 0.3) is 5.91 Å². The fourth-order valence-corrected chi connectivity index (χ4v) is 3.27. The SMILES string of the molecule is O=C(NC(CO)C(=O)N1CCN(c2ncccn2)CC1)c1ccc2c(c1)OCO2. The number of nitrogens with one attached hydrogen (secondary N) is 1. The molecule has 0 bridgehead atoms. The van der Waals surface area contributed by atoms with Crippen molar-refractivity contribution in [1.29, 1.82) is 0 Å². The number of benzene rings is 1. The van der Waals surface area contributed by atoms with E-state index in [0.29, 0.717) is 49.2 Å². The molecule has 0 saturated carbocycles. The molecule has 29 heavy (non-hydrogen) atoms. The predicted octanol–water partition coefficient (Wildman–Crippen LogP) is -0.355. The van der Waals surface area contributed by atoms with Gasteiger partial charge in [0, 0.05) is 44.1 Å². The number of amides is 2. The zero-order chi connectivity index (χ0) is 20.2. The third kappa shape index (κ3) is 4.06. The molecule has 1 fully saturated rings. The van der Waals surface area contributed by atoms with E-state index in [9.17, 15) is 14.7 Å². The summed E-state index contributed by atoms with van der Waals surface area (Å²) >= 11 is 0. The van der Waals surface area contributed by atoms with E-state index in [2.05, 4.69) is 15.3 Å². The average Bonchev–Trinajstić information content (AvgIpc) is 3.25. The van der Waals surface area contributed by atoms with Crippen molar-refractivity contribution >= 4 is 17.8 Å². The van der Waals surface area contributed by atoms with E-state index in [1.165, 1.54) is 0 Å². The van der Waals surface area contributed by atoms with Crippen molar-refractivity contribution in [2.24, 2.45) is 0 Å². The molecule has 2 aliphatic rings. The quantitative estimate of drug-likeness (QED) is 0.700. The van der Waals surface area contributed by atoms with Crippen LogP contribution in [0.1, 0.15) is 10.4 Å². The second-order valence-corrected chi connectivity index (χ2v) is 6.64. The monoisotopic (exact) mass is 399 g/mol. The number of piperazine rings is 1. The number of fused-ring (bicyclic) bond motifs is 1. The van der Waals surface area contributed by atoms with Gasteiger partial charge >= 0.3 is 0 Å². The molecule has 1 unspecified atom stereocenters. The van der Waals surface area contributed by atoms with Crippen LogP contribution in [0.3, 0.4) is 0 Å². The van der Waals surface area contributed by atoms with E-state index < -0.39 is 18.6 Å². The largest absolute Gasteiger partial charge is 0.454 e. The summed E-state index contributed by atoms with van der Waals surface area (Å²) in [5.41, 5.74) is 0.326. The van der Waals surface area contributed by atoms with Gasteiger partial charge in [-0.3, -0.25) is 9.59 Å². The van der Waals surface area contributed by atoms with Crippen LogP contribution in [0.4, 0.5) is 5.95 Å². The molecular formula is C19H21N5O5. The van der Waals surface area contributed by atoms with Crippen molar-refractivity contribution in [2.45, 2.75) is 6.04 Å². The average molecular weight is 399 g/mol. The van der Waals surface area contributed by atoms with Crippen molar-refractivity contribution in [3.05, 3.63) is 42.2 Å². The highest BCUT2D eigenvalue weighted by atomic mass is 16.7. The Labute approximate surface area is 167 Å². The summed E-state index contributed by atoms with van der Waals surface area (Å²) in [5, 5.41) is 12.3. The van der Waals surface area contributed by atoms with E-state index in [1.807, 2.05) is 4.90 Å². The van der Waals surface area contributed by atoms with Crippen molar-refractivity contribution in [1.82, 2.24) is 20.2 Å². The Kier molecular flexibility index (Phi) is 5.43. The van der Waals surface area contributed by atoms with Crippen LogP contribution in [0, 0.1) is 0 Å². The summed E-state index contributed by atoms with van der Waals surface area (Å²) < 4.78 is 10.5. The lowest BCUT2D eigenvalue weighted by Gasteiger charge is -2.36. The van der Waals surface area contributed by atoms with Gasteiger partial charge in [-0.25, -0.2) is 9.97 Å². The standard InChI is InChI=1S/C19H21N5O5/c25-11-14(22-17(26)13-2-3-15-16(10-13)29-12-28-15)18(27)23-6-8-24(9-7-23)19-20-4-1-5-21-19/h1-5,10,14,25H,6-9,11-12H2,(H,22,26). The Bertz CT molecular complexity index is 886. The summed E-state index contributed by atoms with van der Waals surface area (Å²) in [6, 6.07) is 5.50. The van der Waals surface area contributed by atoms with Gasteiger partial charge in [-0.1, -0.05) is 0 Å². The van der Waals surface area contributed by atoms with E-state index in [0.717, 1.165) is 0 Å². The summed E-state index contributed by atoms with van der Waals surface area (Å²) in [6.07, 6.45) is 3.35. The maximum Gasteiger partial charge on any atom is 0.252 e. The molecule has 2 aliphatic heterocycles. The Balaban J connectivity index is 1.35. The molecule has 2 aromatic rings. The first kappa shape index (κ1) is 18.9. The Hall–Kier alpha value is -3.40. The van der Waals surface area contributed by atoms with E-state index >= 15 is 0 Å². The Morgan fingerprint density at radius 1 is 1.10 bits per heavy atom. The third-order valence-corrected chi connectivity index (χ3v) is 4.85. The minimum atomic E-state index is -1.02. The first-order valence-corrected chi connectivity index (χ1v) is 9.28. The maximum atomic E-state index is 12.8. The lowest BCUT2D eigenvalue weighted by molar-refractivity contribution is -0.134. The number of hydrogen-bond acceptors (Lipinski definition) is 8. The second-order valence-electron chi connectivity index (χ2n) is 6.64. The minimum Gasteiger partial charge on any atom is -0.454 e. The van der Waals surface area contributed by atoms with Gasteiger partial charge in [-0.05, 0) is 24.3 Å². The molecule has 1 saturated heterocycles. The van der Waals surface area contributed by atoms with Crippen molar-refractivity contribution in [3.63, 3.8) is 0 Å². The number of aliphatic hydroxyl groups is 1. The normalized spacial score (nSPS) is 16.4. The van der Waals surface area contributed by atoms with Crippen molar-refractivity contribution < 1.29 is 24.2 Å². The summed E-state index contributed by atoms with van der Waals surface area (Å²) in [6.45, 7) is 1.67. The molecule has 2 amide bonds. The van der Waals surface area contributed by atoms with Crippen LogP contribution < -0.4 is 19.7 Å². The zero-order valence-electron chi connectivity index (χ0n) is 15.7. The van der Waals surface area contributed by atoms with Gasteiger partial charge in [0.15, 0.2) is 11.5 Å². The highest BCUT2D eigenvalue weighted by Gasteiger charge is 2.29. The smallest absolute Gasteiger partial charge is 0.252 e. The van der Waals surface area contributed by atoms with Gasteiger partial charge in [-0.2, -0.15) is 0 Å². The fraction of sp³-hybridized carbons (Fsp3) is 0.368. The second kappa shape index (κ2) is 8.31. The molecule has 4 rings (SSSR count). The number of carbonyl (C=O) groups excluding carboxylic acids is 2.